The summed E-state index contributed by atoms with van der Waals surface area (Å²) < 4.78 is 0. The van der Waals surface area contributed by atoms with Crippen molar-refractivity contribution in [2.24, 2.45) is 0 Å². The molecule has 0 unspecified atom stereocenters. The summed E-state index contributed by atoms with van der Waals surface area (Å²) in [4.78, 5) is 14.6. The molecule has 1 aromatic rings. The van der Waals surface area contributed by atoms with Gasteiger partial charge >= 0.3 is 0 Å². The Balaban J connectivity index is 2.79. The summed E-state index contributed by atoms with van der Waals surface area (Å²) in [5.74, 6) is -0.479. The van der Waals surface area contributed by atoms with Gasteiger partial charge in [0.05, 0.1) is 0 Å². The molecule has 0 saturated heterocycles. The van der Waals surface area contributed by atoms with Crippen molar-refractivity contribution < 1.29 is 4.79 Å². The van der Waals surface area contributed by atoms with Crippen molar-refractivity contribution >= 4 is 5.91 Å². The molecule has 4 heteroatoms. The average molecular weight is 147 g/mol. The second kappa shape index (κ2) is 3.32. The maximum absolute atomic E-state index is 10.8. The van der Waals surface area contributed by atoms with Crippen LogP contribution in [-0.2, 0) is 0 Å². The first-order chi connectivity index (χ1) is 5.34. The summed E-state index contributed by atoms with van der Waals surface area (Å²) >= 11 is 0. The van der Waals surface area contributed by atoms with Gasteiger partial charge in [0.1, 0.15) is 5.69 Å². The van der Waals surface area contributed by atoms with E-state index >= 15 is 0 Å². The molecular weight excluding hydrogens is 142 g/mol. The van der Waals surface area contributed by atoms with Crippen LogP contribution in [0.3, 0.4) is 0 Å². The number of amides is 1. The van der Waals surface area contributed by atoms with E-state index in [0.29, 0.717) is 0 Å². The summed E-state index contributed by atoms with van der Waals surface area (Å²) in [5.41, 5.74) is 0.244. The predicted octanol–water partition coefficient (Wildman–Crippen LogP) is 0.292. The van der Waals surface area contributed by atoms with E-state index in [0.717, 1.165) is 0 Å². The van der Waals surface area contributed by atoms with Gasteiger partial charge in [0.15, 0.2) is 6.19 Å². The van der Waals surface area contributed by atoms with Crippen molar-refractivity contribution in [3.8, 4) is 6.19 Å². The van der Waals surface area contributed by atoms with E-state index in [4.69, 9.17) is 5.26 Å². The second-order valence-electron chi connectivity index (χ2n) is 1.78. The number of hydrogen-bond donors (Lipinski definition) is 1. The fraction of sp³-hybridized carbons (Fsp3) is 0. The third-order valence-electron chi connectivity index (χ3n) is 1.07. The van der Waals surface area contributed by atoms with Crippen LogP contribution in [0.1, 0.15) is 10.5 Å². The van der Waals surface area contributed by atoms with Crippen LogP contribution < -0.4 is 5.32 Å². The van der Waals surface area contributed by atoms with E-state index in [1.54, 1.807) is 12.1 Å². The molecule has 4 nitrogen and oxygen atoms in total. The number of carbonyl (C=O) groups is 1. The number of nitrogens with zero attached hydrogens (tertiary/aromatic N) is 2. The minimum Gasteiger partial charge on any atom is -0.266 e. The first-order valence-electron chi connectivity index (χ1n) is 2.95. The van der Waals surface area contributed by atoms with Gasteiger partial charge in [-0.1, -0.05) is 6.07 Å². The van der Waals surface area contributed by atoms with Gasteiger partial charge in [0, 0.05) is 6.20 Å². The Morgan fingerprint density at radius 3 is 3.00 bits per heavy atom. The minimum absolute atomic E-state index is 0.244. The number of nitrogens with one attached hydrogen (secondary N) is 1. The van der Waals surface area contributed by atoms with Crippen LogP contribution in [0.2, 0.25) is 0 Å². The molecule has 0 bridgehead atoms. The van der Waals surface area contributed by atoms with Gasteiger partial charge in [-0.2, -0.15) is 5.26 Å². The zero-order chi connectivity index (χ0) is 8.10. The molecule has 1 amide bonds. The Bertz CT molecular complexity index is 288. The monoisotopic (exact) mass is 147 g/mol. The highest BCUT2D eigenvalue weighted by atomic mass is 16.1. The van der Waals surface area contributed by atoms with Gasteiger partial charge in [-0.15, -0.1) is 0 Å². The molecule has 1 rings (SSSR count). The minimum atomic E-state index is -0.479. The van der Waals surface area contributed by atoms with Crippen molar-refractivity contribution in [3.05, 3.63) is 30.1 Å². The second-order valence-corrected chi connectivity index (χ2v) is 1.78. The van der Waals surface area contributed by atoms with Crippen molar-refractivity contribution in [1.29, 1.82) is 5.26 Å². The van der Waals surface area contributed by atoms with E-state index in [2.05, 4.69) is 4.98 Å². The Hall–Kier alpha value is -1.89. The molecule has 0 aliphatic rings. The Kier molecular flexibility index (Phi) is 2.18. The van der Waals surface area contributed by atoms with Gasteiger partial charge in [0.25, 0.3) is 5.91 Å². The maximum Gasteiger partial charge on any atom is 0.282 e. The van der Waals surface area contributed by atoms with Gasteiger partial charge in [-0.05, 0) is 12.1 Å². The Morgan fingerprint density at radius 2 is 2.45 bits per heavy atom. The third-order valence-corrected chi connectivity index (χ3v) is 1.07. The summed E-state index contributed by atoms with van der Waals surface area (Å²) in [7, 11) is 0. The standard InChI is InChI=1S/C7H5N3O/c8-5-10-7(11)6-3-1-2-4-9-6/h1-4H,(H,10,11). The number of nitriles is 1. The van der Waals surface area contributed by atoms with Crippen LogP contribution in [0.4, 0.5) is 0 Å². The molecule has 11 heavy (non-hydrogen) atoms. The van der Waals surface area contributed by atoms with Crippen LogP contribution in [0.5, 0.6) is 0 Å². The Labute approximate surface area is 63.5 Å². The van der Waals surface area contributed by atoms with Crippen molar-refractivity contribution in [2.75, 3.05) is 0 Å². The highest BCUT2D eigenvalue weighted by Gasteiger charge is 2.02. The number of pyridine rings is 1. The lowest BCUT2D eigenvalue weighted by molar-refractivity contribution is 0.0968. The van der Waals surface area contributed by atoms with Crippen molar-refractivity contribution in [2.45, 2.75) is 0 Å². The number of aromatic nitrogens is 1. The first kappa shape index (κ1) is 7.22. The molecule has 54 valence electrons. The molecule has 1 heterocycles. The number of hydrogen-bond acceptors (Lipinski definition) is 3. The van der Waals surface area contributed by atoms with E-state index in [1.807, 2.05) is 5.32 Å². The molecule has 0 spiro atoms. The first-order valence-corrected chi connectivity index (χ1v) is 2.95. The van der Waals surface area contributed by atoms with Gasteiger partial charge < -0.3 is 0 Å². The van der Waals surface area contributed by atoms with E-state index in [-0.39, 0.29) is 5.69 Å². The SMILES string of the molecule is N#CNC(=O)c1ccccn1. The van der Waals surface area contributed by atoms with Crippen molar-refractivity contribution in [1.82, 2.24) is 10.3 Å². The smallest absolute Gasteiger partial charge is 0.266 e. The van der Waals surface area contributed by atoms with Crippen LogP contribution in [-0.4, -0.2) is 10.9 Å². The molecule has 0 fully saturated rings. The zero-order valence-corrected chi connectivity index (χ0v) is 5.61. The van der Waals surface area contributed by atoms with Gasteiger partial charge in [0.2, 0.25) is 0 Å². The fourth-order valence-corrected chi connectivity index (χ4v) is 0.612. The maximum atomic E-state index is 10.8. The number of rotatable bonds is 1. The molecule has 1 N–H and O–H groups in total. The largest absolute Gasteiger partial charge is 0.282 e. The molecule has 0 atom stereocenters. The van der Waals surface area contributed by atoms with Crippen LogP contribution in [0, 0.1) is 11.5 Å². The summed E-state index contributed by atoms with van der Waals surface area (Å²) in [6.07, 6.45) is 3.02. The molecule has 0 aliphatic carbocycles. The van der Waals surface area contributed by atoms with Crippen LogP contribution in [0.25, 0.3) is 0 Å². The highest BCUT2D eigenvalue weighted by molar-refractivity contribution is 5.93. The number of carbonyl (C=O) groups excluding carboxylic acids is 1. The highest BCUT2D eigenvalue weighted by Crippen LogP contribution is 1.91. The summed E-state index contributed by atoms with van der Waals surface area (Å²) in [6, 6.07) is 4.91. The molecular formula is C7H5N3O. The van der Waals surface area contributed by atoms with Crippen molar-refractivity contribution in [3.63, 3.8) is 0 Å². The molecule has 0 saturated carbocycles. The van der Waals surface area contributed by atoms with E-state index < -0.39 is 5.91 Å². The lowest BCUT2D eigenvalue weighted by Crippen LogP contribution is -2.18. The normalized spacial score (nSPS) is 8.27. The average Bonchev–Trinajstić information content (AvgIpc) is 2.07. The summed E-state index contributed by atoms with van der Waals surface area (Å²) in [5, 5.41) is 10.1. The Morgan fingerprint density at radius 1 is 1.64 bits per heavy atom. The molecule has 0 aliphatic heterocycles. The van der Waals surface area contributed by atoms with Crippen LogP contribution >= 0.6 is 0 Å². The van der Waals surface area contributed by atoms with E-state index in [9.17, 15) is 4.79 Å². The summed E-state index contributed by atoms with van der Waals surface area (Å²) in [6.45, 7) is 0. The predicted molar refractivity (Wildman–Crippen MR) is 37.3 cm³/mol. The molecule has 0 aromatic carbocycles. The topological polar surface area (TPSA) is 65.8 Å². The quantitative estimate of drug-likeness (QED) is 0.458. The third kappa shape index (κ3) is 1.76. The molecule has 0 radical (unpaired) electrons. The fourth-order valence-electron chi connectivity index (χ4n) is 0.612. The van der Waals surface area contributed by atoms with Gasteiger partial charge in [-0.3, -0.25) is 15.1 Å². The molecule has 1 aromatic heterocycles. The van der Waals surface area contributed by atoms with E-state index in [1.165, 1.54) is 18.5 Å². The lowest BCUT2D eigenvalue weighted by atomic mass is 10.3. The van der Waals surface area contributed by atoms with Gasteiger partial charge in [-0.25, -0.2) is 0 Å². The van der Waals surface area contributed by atoms with Crippen LogP contribution in [0.15, 0.2) is 24.4 Å². The lowest BCUT2D eigenvalue weighted by Gasteiger charge is -1.92. The zero-order valence-electron chi connectivity index (χ0n) is 5.61.